The maximum absolute atomic E-state index is 13.2. The largest absolute Gasteiger partial charge is 0.469 e. The van der Waals surface area contributed by atoms with Crippen molar-refractivity contribution in [3.05, 3.63) is 85.1 Å². The van der Waals surface area contributed by atoms with Crippen molar-refractivity contribution < 1.29 is 19.4 Å². The Morgan fingerprint density at radius 2 is 2.22 bits per heavy atom. The summed E-state index contributed by atoms with van der Waals surface area (Å²) in [4.78, 5) is 34.1. The molecule has 0 radical (unpaired) electrons. The summed E-state index contributed by atoms with van der Waals surface area (Å²) in [5.74, 6) is -0.369. The standard InChI is InChI=1S/C28H28Cl2N2O4S/c1-17-11-21(33)16-36-28-22(12-17)26(35)20(15-32-28)10-9-19(18(2)14-31-3)7-5-4-6-8-24(34)25-13-23(29)27(30)37-25/h4-6,11,13-15,20,24,34H,2,8-10,12,16H2,1,3H3/b6-4+,17-11+,31-14?/t7?,20?,24-/m0/s1. The van der Waals surface area contributed by atoms with Gasteiger partial charge in [0.05, 0.1) is 22.6 Å². The number of carbonyl (C=O) groups excluding carboxylic acids is 2. The predicted octanol–water partition coefficient (Wildman–Crippen LogP) is 6.57. The molecular weight excluding hydrogens is 531 g/mol. The van der Waals surface area contributed by atoms with Crippen molar-refractivity contribution in [1.29, 1.82) is 0 Å². The summed E-state index contributed by atoms with van der Waals surface area (Å²) >= 11 is 13.2. The van der Waals surface area contributed by atoms with E-state index in [2.05, 4.69) is 22.3 Å². The van der Waals surface area contributed by atoms with Crippen molar-refractivity contribution in [3.63, 3.8) is 0 Å². The average molecular weight is 560 g/mol. The molecule has 9 heteroatoms. The molecule has 1 N–H and O–H groups in total. The highest BCUT2D eigenvalue weighted by molar-refractivity contribution is 7.17. The average Bonchev–Trinajstić information content (AvgIpc) is 3.19. The highest BCUT2D eigenvalue weighted by atomic mass is 35.5. The number of Topliss-reactive ketones (excluding diaryl/α,β-unsaturated/α-hetero) is 1. The number of aliphatic imine (C=N–C) groups is 2. The van der Waals surface area contributed by atoms with Gasteiger partial charge < -0.3 is 9.84 Å². The van der Waals surface area contributed by atoms with E-state index in [0.717, 1.165) is 11.1 Å². The molecule has 37 heavy (non-hydrogen) atoms. The van der Waals surface area contributed by atoms with Gasteiger partial charge >= 0.3 is 0 Å². The number of allylic oxidation sites excluding steroid dienone is 5. The van der Waals surface area contributed by atoms with Crippen molar-refractivity contribution in [2.45, 2.75) is 38.7 Å². The van der Waals surface area contributed by atoms with E-state index in [-0.39, 0.29) is 24.1 Å². The fourth-order valence-corrected chi connectivity index (χ4v) is 5.23. The fraction of sp³-hybridized carbons (Fsp3) is 0.321. The van der Waals surface area contributed by atoms with Crippen LogP contribution in [0.1, 0.15) is 43.6 Å². The number of rotatable bonds is 9. The highest BCUT2D eigenvalue weighted by Gasteiger charge is 2.29. The molecular formula is C28H28Cl2N2O4S. The first-order valence-corrected chi connectivity index (χ1v) is 13.3. The number of ketones is 2. The van der Waals surface area contributed by atoms with Crippen molar-refractivity contribution in [2.24, 2.45) is 15.9 Å². The maximum Gasteiger partial charge on any atom is 0.220 e. The molecule has 0 spiro atoms. The Morgan fingerprint density at radius 1 is 1.43 bits per heavy atom. The Kier molecular flexibility index (Phi) is 10.6. The van der Waals surface area contributed by atoms with Gasteiger partial charge in [0, 0.05) is 36.3 Å². The number of aliphatic hydroxyl groups is 1. The lowest BCUT2D eigenvalue weighted by atomic mass is 9.87. The van der Waals surface area contributed by atoms with Gasteiger partial charge in [0.1, 0.15) is 4.34 Å². The van der Waals surface area contributed by atoms with Crippen molar-refractivity contribution in [3.8, 4) is 0 Å². The van der Waals surface area contributed by atoms with Gasteiger partial charge in [0.15, 0.2) is 18.2 Å². The van der Waals surface area contributed by atoms with E-state index in [1.807, 2.05) is 13.0 Å². The Labute approximate surface area is 230 Å². The highest BCUT2D eigenvalue weighted by Crippen LogP contribution is 2.36. The second kappa shape index (κ2) is 13.7. The SMILES string of the molecule is C=C(C=NC)C(=C=C/C=C/C[C@H](O)c1cc(Cl)c(Cl)s1)CCC1C=NC2=C(C/C(C)=C/C(=O)CO2)C1=O. The molecule has 2 aliphatic heterocycles. The zero-order valence-electron chi connectivity index (χ0n) is 20.7. The normalized spacial score (nSPS) is 20.1. The Balaban J connectivity index is 1.67. The van der Waals surface area contributed by atoms with Crippen molar-refractivity contribution >= 4 is 58.5 Å². The van der Waals surface area contributed by atoms with Crippen LogP contribution in [0.4, 0.5) is 0 Å². The summed E-state index contributed by atoms with van der Waals surface area (Å²) in [5.41, 5.74) is 6.04. The lowest BCUT2D eigenvalue weighted by molar-refractivity contribution is -0.120. The first-order chi connectivity index (χ1) is 17.7. The van der Waals surface area contributed by atoms with Crippen LogP contribution in [0.5, 0.6) is 0 Å². The Bertz CT molecular complexity index is 1270. The minimum absolute atomic E-state index is 0.0483. The van der Waals surface area contributed by atoms with Crippen LogP contribution >= 0.6 is 34.5 Å². The second-order valence-electron chi connectivity index (χ2n) is 8.65. The van der Waals surface area contributed by atoms with Gasteiger partial charge in [0.2, 0.25) is 5.88 Å². The Morgan fingerprint density at radius 3 is 2.92 bits per heavy atom. The van der Waals surface area contributed by atoms with E-state index in [4.69, 9.17) is 27.9 Å². The van der Waals surface area contributed by atoms with Gasteiger partial charge in [-0.05, 0) is 50.0 Å². The Hall–Kier alpha value is -2.80. The van der Waals surface area contributed by atoms with Crippen molar-refractivity contribution in [1.82, 2.24) is 0 Å². The van der Waals surface area contributed by atoms with Gasteiger partial charge in [-0.1, -0.05) is 47.5 Å². The van der Waals surface area contributed by atoms with E-state index in [9.17, 15) is 14.7 Å². The second-order valence-corrected chi connectivity index (χ2v) is 10.7. The zero-order valence-corrected chi connectivity index (χ0v) is 23.0. The molecule has 1 aromatic rings. The molecule has 1 aromatic heterocycles. The molecule has 6 nitrogen and oxygen atoms in total. The third-order valence-corrected chi connectivity index (χ3v) is 7.66. The number of thiophene rings is 1. The van der Waals surface area contributed by atoms with Crippen LogP contribution in [-0.4, -0.2) is 42.8 Å². The van der Waals surface area contributed by atoms with Crippen LogP contribution in [0.15, 0.2) is 80.8 Å². The number of hydrogen-bond acceptors (Lipinski definition) is 7. The van der Waals surface area contributed by atoms with E-state index in [0.29, 0.717) is 51.1 Å². The monoisotopic (exact) mass is 558 g/mol. The molecule has 0 fully saturated rings. The molecule has 0 aliphatic carbocycles. The van der Waals surface area contributed by atoms with E-state index >= 15 is 0 Å². The first kappa shape index (κ1) is 28.8. The summed E-state index contributed by atoms with van der Waals surface area (Å²) in [6.45, 7) is 5.76. The summed E-state index contributed by atoms with van der Waals surface area (Å²) in [6.07, 6.45) is 11.2. The third-order valence-electron chi connectivity index (χ3n) is 5.70. The molecule has 3 rings (SSSR count). The van der Waals surface area contributed by atoms with Crippen LogP contribution in [0, 0.1) is 5.92 Å². The van der Waals surface area contributed by atoms with Gasteiger partial charge in [-0.25, -0.2) is 4.99 Å². The lowest BCUT2D eigenvalue weighted by Crippen LogP contribution is -2.25. The number of aliphatic hydroxyl groups excluding tert-OH is 1. The number of halogens is 2. The van der Waals surface area contributed by atoms with Gasteiger partial charge in [0.25, 0.3) is 0 Å². The van der Waals surface area contributed by atoms with E-state index in [1.54, 1.807) is 37.7 Å². The maximum atomic E-state index is 13.2. The van der Waals surface area contributed by atoms with Gasteiger partial charge in [-0.2, -0.15) is 0 Å². The van der Waals surface area contributed by atoms with Crippen LogP contribution < -0.4 is 0 Å². The molecule has 0 aromatic carbocycles. The quantitative estimate of drug-likeness (QED) is 0.211. The molecule has 2 atom stereocenters. The number of carbonyl (C=O) groups is 2. The molecule has 0 amide bonds. The topological polar surface area (TPSA) is 88.3 Å². The minimum atomic E-state index is -0.699. The summed E-state index contributed by atoms with van der Waals surface area (Å²) in [6, 6.07) is 1.67. The number of nitrogens with zero attached hydrogens (tertiary/aromatic N) is 2. The summed E-state index contributed by atoms with van der Waals surface area (Å²) in [7, 11) is 1.66. The fourth-order valence-electron chi connectivity index (χ4n) is 3.84. The summed E-state index contributed by atoms with van der Waals surface area (Å²) < 4.78 is 5.92. The molecule has 1 unspecified atom stereocenters. The van der Waals surface area contributed by atoms with Gasteiger partial charge in [-0.3, -0.25) is 14.6 Å². The minimum Gasteiger partial charge on any atom is -0.469 e. The molecule has 0 saturated heterocycles. The molecule has 0 saturated carbocycles. The third kappa shape index (κ3) is 8.09. The zero-order chi connectivity index (χ0) is 26.9. The smallest absolute Gasteiger partial charge is 0.220 e. The van der Waals surface area contributed by atoms with Crippen LogP contribution in [0.2, 0.25) is 9.36 Å². The predicted molar refractivity (Wildman–Crippen MR) is 151 cm³/mol. The first-order valence-electron chi connectivity index (χ1n) is 11.7. The molecule has 194 valence electrons. The number of ether oxygens (including phenoxy) is 1. The van der Waals surface area contributed by atoms with E-state index < -0.39 is 12.0 Å². The van der Waals surface area contributed by atoms with Crippen LogP contribution in [0.3, 0.4) is 0 Å². The lowest BCUT2D eigenvalue weighted by Gasteiger charge is -2.22. The van der Waals surface area contributed by atoms with Crippen LogP contribution in [0.25, 0.3) is 0 Å². The molecule has 3 heterocycles. The van der Waals surface area contributed by atoms with E-state index in [1.165, 1.54) is 17.4 Å². The van der Waals surface area contributed by atoms with Crippen molar-refractivity contribution in [2.75, 3.05) is 13.7 Å². The van der Waals surface area contributed by atoms with Crippen LogP contribution in [-0.2, 0) is 14.3 Å². The molecule has 0 bridgehead atoms. The number of hydrogen-bond donors (Lipinski definition) is 1. The molecule has 2 aliphatic rings. The van der Waals surface area contributed by atoms with Gasteiger partial charge in [-0.15, -0.1) is 17.1 Å². The summed E-state index contributed by atoms with van der Waals surface area (Å²) in [5, 5.41) is 10.8.